The Morgan fingerprint density at radius 2 is 1.88 bits per heavy atom. The molecule has 6 nitrogen and oxygen atoms in total. The lowest BCUT2D eigenvalue weighted by molar-refractivity contribution is 0.0985. The molecular formula is C25H25F2N5O. The fourth-order valence-electron chi connectivity index (χ4n) is 3.65. The largest absolute Gasteiger partial charge is 0.299 e. The van der Waals surface area contributed by atoms with E-state index < -0.39 is 17.5 Å². The minimum Gasteiger partial charge on any atom is -0.299 e. The van der Waals surface area contributed by atoms with Crippen LogP contribution in [0.4, 0.5) is 14.5 Å². The molecule has 4 rings (SSSR count). The maximum Gasteiger partial charge on any atom is 0.259 e. The Hall–Kier alpha value is -3.68. The third-order valence-electron chi connectivity index (χ3n) is 5.39. The summed E-state index contributed by atoms with van der Waals surface area (Å²) in [6.45, 7) is 7.97. The molecule has 0 radical (unpaired) electrons. The van der Waals surface area contributed by atoms with Gasteiger partial charge < -0.3 is 0 Å². The molecule has 3 aromatic heterocycles. The van der Waals surface area contributed by atoms with E-state index in [1.165, 1.54) is 11.0 Å². The molecule has 0 spiro atoms. The van der Waals surface area contributed by atoms with Crippen molar-refractivity contribution in [2.45, 2.75) is 46.2 Å². The van der Waals surface area contributed by atoms with Crippen LogP contribution in [0, 0.1) is 11.6 Å². The molecule has 4 aromatic rings. The molecule has 0 bridgehead atoms. The van der Waals surface area contributed by atoms with Crippen LogP contribution in [-0.4, -0.2) is 25.7 Å². The van der Waals surface area contributed by atoms with Gasteiger partial charge in [0.05, 0.1) is 35.1 Å². The number of amides is 1. The molecule has 33 heavy (non-hydrogen) atoms. The lowest BCUT2D eigenvalue weighted by Gasteiger charge is -2.24. The summed E-state index contributed by atoms with van der Waals surface area (Å²) in [6.07, 6.45) is 3.22. The van der Waals surface area contributed by atoms with Crippen molar-refractivity contribution in [3.8, 4) is 0 Å². The van der Waals surface area contributed by atoms with Crippen LogP contribution < -0.4 is 4.90 Å². The van der Waals surface area contributed by atoms with Gasteiger partial charge in [0.15, 0.2) is 5.65 Å². The Morgan fingerprint density at radius 1 is 1.09 bits per heavy atom. The normalized spacial score (nSPS) is 11.5. The summed E-state index contributed by atoms with van der Waals surface area (Å²) in [4.78, 5) is 24.2. The second kappa shape index (κ2) is 9.05. The molecule has 0 saturated heterocycles. The quantitative estimate of drug-likeness (QED) is 0.381. The summed E-state index contributed by atoms with van der Waals surface area (Å²) in [7, 11) is 0. The zero-order chi connectivity index (χ0) is 23.7. The summed E-state index contributed by atoms with van der Waals surface area (Å²) in [5.74, 6) is -1.92. The van der Waals surface area contributed by atoms with E-state index in [1.807, 2.05) is 27.7 Å². The van der Waals surface area contributed by atoms with E-state index in [4.69, 9.17) is 4.98 Å². The fourth-order valence-corrected chi connectivity index (χ4v) is 3.65. The number of benzene rings is 1. The Kier molecular flexibility index (Phi) is 6.18. The van der Waals surface area contributed by atoms with E-state index in [2.05, 4.69) is 10.1 Å². The lowest BCUT2D eigenvalue weighted by atomic mass is 10.0. The molecule has 1 aromatic carbocycles. The number of hydrogen-bond donors (Lipinski definition) is 0. The minimum absolute atomic E-state index is 0.0152. The maximum atomic E-state index is 14.8. The smallest absolute Gasteiger partial charge is 0.259 e. The summed E-state index contributed by atoms with van der Waals surface area (Å²) in [6, 6.07) is 10.2. The number of anilines is 1. The predicted molar refractivity (Wildman–Crippen MR) is 123 cm³/mol. The Morgan fingerprint density at radius 3 is 2.52 bits per heavy atom. The van der Waals surface area contributed by atoms with Crippen molar-refractivity contribution < 1.29 is 13.6 Å². The van der Waals surface area contributed by atoms with Crippen molar-refractivity contribution in [3.63, 3.8) is 0 Å². The van der Waals surface area contributed by atoms with Crippen LogP contribution in [0.3, 0.4) is 0 Å². The van der Waals surface area contributed by atoms with Crippen molar-refractivity contribution in [2.75, 3.05) is 4.90 Å². The second-order valence-electron chi connectivity index (χ2n) is 8.48. The topological polar surface area (TPSA) is 63.9 Å². The molecule has 0 aliphatic heterocycles. The van der Waals surface area contributed by atoms with Crippen LogP contribution in [0.25, 0.3) is 11.0 Å². The average Bonchev–Trinajstić information content (AvgIpc) is 3.22. The number of nitrogens with zero attached hydrogens (tertiary/aromatic N) is 5. The van der Waals surface area contributed by atoms with Crippen molar-refractivity contribution in [1.82, 2.24) is 19.7 Å². The van der Waals surface area contributed by atoms with Gasteiger partial charge in [0.1, 0.15) is 11.6 Å². The monoisotopic (exact) mass is 449 g/mol. The molecule has 0 fully saturated rings. The first-order valence-electron chi connectivity index (χ1n) is 10.8. The van der Waals surface area contributed by atoms with Crippen molar-refractivity contribution in [1.29, 1.82) is 0 Å². The van der Waals surface area contributed by atoms with Gasteiger partial charge >= 0.3 is 0 Å². The third kappa shape index (κ3) is 4.46. The Bertz CT molecular complexity index is 1300. The van der Waals surface area contributed by atoms with E-state index in [0.717, 1.165) is 17.8 Å². The summed E-state index contributed by atoms with van der Waals surface area (Å²) >= 11 is 0. The number of carbonyl (C=O) groups is 1. The lowest BCUT2D eigenvalue weighted by Crippen LogP contribution is -2.32. The van der Waals surface area contributed by atoms with Gasteiger partial charge in [-0.05, 0) is 50.1 Å². The molecule has 8 heteroatoms. The summed E-state index contributed by atoms with van der Waals surface area (Å²) in [5, 5.41) is 5.01. The van der Waals surface area contributed by atoms with Gasteiger partial charge in [0.25, 0.3) is 5.91 Å². The van der Waals surface area contributed by atoms with E-state index >= 15 is 0 Å². The third-order valence-corrected chi connectivity index (χ3v) is 5.39. The van der Waals surface area contributed by atoms with Crippen LogP contribution in [0.5, 0.6) is 0 Å². The SMILES string of the molecule is CC(C)c1cc(C(=O)N(Cc2ccccn2)c2ccc(F)cc2F)c2cnn(C(C)C)c2n1. The number of aromatic nitrogens is 4. The Labute approximate surface area is 190 Å². The number of halogens is 2. The molecular weight excluding hydrogens is 424 g/mol. The molecule has 1 amide bonds. The molecule has 0 aliphatic rings. The number of pyridine rings is 2. The highest BCUT2D eigenvalue weighted by molar-refractivity contribution is 6.13. The summed E-state index contributed by atoms with van der Waals surface area (Å²) < 4.78 is 30.2. The van der Waals surface area contributed by atoms with Crippen LogP contribution >= 0.6 is 0 Å². The average molecular weight is 450 g/mol. The van der Waals surface area contributed by atoms with Gasteiger partial charge in [-0.25, -0.2) is 18.4 Å². The van der Waals surface area contributed by atoms with Gasteiger partial charge in [0, 0.05) is 24.0 Å². The van der Waals surface area contributed by atoms with Gasteiger partial charge in [0.2, 0.25) is 0 Å². The highest BCUT2D eigenvalue weighted by Crippen LogP contribution is 2.29. The van der Waals surface area contributed by atoms with Gasteiger partial charge in [-0.15, -0.1) is 0 Å². The molecule has 170 valence electrons. The fraction of sp³-hybridized carbons (Fsp3) is 0.280. The van der Waals surface area contributed by atoms with Crippen LogP contribution in [-0.2, 0) is 6.54 Å². The van der Waals surface area contributed by atoms with Crippen LogP contribution in [0.15, 0.2) is 54.9 Å². The first kappa shape index (κ1) is 22.5. The number of rotatable bonds is 6. The van der Waals surface area contributed by atoms with Gasteiger partial charge in [-0.2, -0.15) is 5.10 Å². The summed E-state index contributed by atoms with van der Waals surface area (Å²) in [5.41, 5.74) is 2.22. The van der Waals surface area contributed by atoms with Gasteiger partial charge in [-0.1, -0.05) is 19.9 Å². The van der Waals surface area contributed by atoms with Crippen molar-refractivity contribution in [2.24, 2.45) is 0 Å². The van der Waals surface area contributed by atoms with Gasteiger partial charge in [-0.3, -0.25) is 14.7 Å². The highest BCUT2D eigenvalue weighted by Gasteiger charge is 2.26. The molecule has 0 N–H and O–H groups in total. The molecule has 0 saturated carbocycles. The minimum atomic E-state index is -0.827. The molecule has 0 aliphatic carbocycles. The van der Waals surface area contributed by atoms with Crippen LogP contribution in [0.2, 0.25) is 0 Å². The number of carbonyl (C=O) groups excluding carboxylic acids is 1. The van der Waals surface area contributed by atoms with Crippen molar-refractivity contribution in [3.05, 3.63) is 83.4 Å². The zero-order valence-electron chi connectivity index (χ0n) is 19.0. The predicted octanol–water partition coefficient (Wildman–Crippen LogP) is 5.66. The van der Waals surface area contributed by atoms with E-state index in [9.17, 15) is 13.6 Å². The maximum absolute atomic E-state index is 14.8. The first-order valence-corrected chi connectivity index (χ1v) is 10.8. The highest BCUT2D eigenvalue weighted by atomic mass is 19.1. The van der Waals surface area contributed by atoms with Crippen molar-refractivity contribution >= 4 is 22.6 Å². The molecule has 0 atom stereocenters. The number of fused-ring (bicyclic) bond motifs is 1. The standard InChI is InChI=1S/C25H25F2N5O/c1-15(2)22-12-19(20-13-29-32(16(3)4)24(20)30-22)25(33)31(14-18-7-5-6-10-28-18)23-9-8-17(26)11-21(23)27/h5-13,15-16H,14H2,1-4H3. The van der Waals surface area contributed by atoms with E-state index in [0.29, 0.717) is 22.3 Å². The van der Waals surface area contributed by atoms with Crippen LogP contribution in [0.1, 0.15) is 61.4 Å². The zero-order valence-corrected chi connectivity index (χ0v) is 19.0. The molecule has 0 unspecified atom stereocenters. The van der Waals surface area contributed by atoms with E-state index in [1.54, 1.807) is 41.3 Å². The first-order chi connectivity index (χ1) is 15.8. The van der Waals surface area contributed by atoms with E-state index in [-0.39, 0.29) is 24.2 Å². The second-order valence-corrected chi connectivity index (χ2v) is 8.48. The molecule has 3 heterocycles. The Balaban J connectivity index is 1.90. The number of hydrogen-bond acceptors (Lipinski definition) is 4.